The van der Waals surface area contributed by atoms with E-state index in [1.807, 2.05) is 5.38 Å². The number of unbranched alkanes of at least 4 members (excludes halogenated alkanes) is 1. The molecule has 0 aromatic carbocycles. The highest BCUT2D eigenvalue weighted by atomic mass is 35.5. The average Bonchev–Trinajstić information content (AvgIpc) is 2.78. The summed E-state index contributed by atoms with van der Waals surface area (Å²) in [7, 11) is 0. The predicted octanol–water partition coefficient (Wildman–Crippen LogP) is 2.52. The van der Waals surface area contributed by atoms with Crippen LogP contribution in [0.2, 0.25) is 0 Å². The normalized spacial score (nSPS) is 13.6. The molecule has 0 aliphatic heterocycles. The number of carbonyl (C=O) groups is 1. The molecule has 0 radical (unpaired) electrons. The van der Waals surface area contributed by atoms with Gasteiger partial charge in [-0.2, -0.15) is 0 Å². The standard InChI is InChI=1S/C13H20N2OS.ClH/c14-7-3-4-8-15-13(16)11-9-17-12-6-2-1-5-10(11)12;/h9H,1-8,14H2,(H,15,16);1H. The number of nitrogens with two attached hydrogens (primary N) is 1. The summed E-state index contributed by atoms with van der Waals surface area (Å²) in [4.78, 5) is 13.4. The molecule has 0 unspecified atom stereocenters. The fourth-order valence-electron chi connectivity index (χ4n) is 2.25. The zero-order valence-corrected chi connectivity index (χ0v) is 12.2. The number of rotatable bonds is 5. The van der Waals surface area contributed by atoms with E-state index in [-0.39, 0.29) is 18.3 Å². The van der Waals surface area contributed by atoms with Crippen molar-refractivity contribution in [2.24, 2.45) is 5.73 Å². The molecule has 0 saturated carbocycles. The molecule has 0 atom stereocenters. The zero-order chi connectivity index (χ0) is 12.1. The molecule has 0 fully saturated rings. The number of thiophene rings is 1. The van der Waals surface area contributed by atoms with Crippen LogP contribution in [0.25, 0.3) is 0 Å². The molecule has 1 aromatic rings. The summed E-state index contributed by atoms with van der Waals surface area (Å²) in [6.45, 7) is 1.43. The van der Waals surface area contributed by atoms with Gasteiger partial charge in [-0.3, -0.25) is 4.79 Å². The maximum absolute atomic E-state index is 12.0. The molecular weight excluding hydrogens is 268 g/mol. The number of carbonyl (C=O) groups excluding carboxylic acids is 1. The molecule has 3 nitrogen and oxygen atoms in total. The summed E-state index contributed by atoms with van der Waals surface area (Å²) in [6, 6.07) is 0. The Labute approximate surface area is 119 Å². The van der Waals surface area contributed by atoms with Crippen LogP contribution in [0.3, 0.4) is 0 Å². The zero-order valence-electron chi connectivity index (χ0n) is 10.5. The number of halogens is 1. The summed E-state index contributed by atoms with van der Waals surface area (Å²) in [5.74, 6) is 0.0985. The summed E-state index contributed by atoms with van der Waals surface area (Å²) in [5, 5.41) is 5.00. The molecule has 1 heterocycles. The minimum atomic E-state index is 0. The van der Waals surface area contributed by atoms with Crippen LogP contribution in [0, 0.1) is 0 Å². The third-order valence-corrected chi connectivity index (χ3v) is 4.31. The van der Waals surface area contributed by atoms with Crippen molar-refractivity contribution in [2.45, 2.75) is 38.5 Å². The van der Waals surface area contributed by atoms with Gasteiger partial charge in [0.1, 0.15) is 0 Å². The Hall–Kier alpha value is -0.580. The van der Waals surface area contributed by atoms with Crippen molar-refractivity contribution >= 4 is 29.7 Å². The third kappa shape index (κ3) is 3.70. The number of fused-ring (bicyclic) bond motifs is 1. The van der Waals surface area contributed by atoms with Gasteiger partial charge in [0.05, 0.1) is 5.56 Å². The Morgan fingerprint density at radius 3 is 2.89 bits per heavy atom. The molecule has 0 spiro atoms. The van der Waals surface area contributed by atoms with Crippen molar-refractivity contribution in [3.05, 3.63) is 21.4 Å². The highest BCUT2D eigenvalue weighted by Crippen LogP contribution is 2.29. The van der Waals surface area contributed by atoms with Crippen LogP contribution in [0.1, 0.15) is 46.5 Å². The van der Waals surface area contributed by atoms with E-state index in [1.165, 1.54) is 23.3 Å². The summed E-state index contributed by atoms with van der Waals surface area (Å²) < 4.78 is 0. The lowest BCUT2D eigenvalue weighted by Crippen LogP contribution is -2.25. The van der Waals surface area contributed by atoms with Crippen LogP contribution in [-0.4, -0.2) is 19.0 Å². The Morgan fingerprint density at radius 1 is 1.33 bits per heavy atom. The van der Waals surface area contributed by atoms with Crippen LogP contribution >= 0.6 is 23.7 Å². The lowest BCUT2D eigenvalue weighted by atomic mass is 9.95. The van der Waals surface area contributed by atoms with E-state index >= 15 is 0 Å². The summed E-state index contributed by atoms with van der Waals surface area (Å²) in [5.41, 5.74) is 7.64. The van der Waals surface area contributed by atoms with E-state index in [1.54, 1.807) is 11.3 Å². The van der Waals surface area contributed by atoms with Crippen LogP contribution < -0.4 is 11.1 Å². The molecule has 1 amide bonds. The third-order valence-electron chi connectivity index (χ3n) is 3.22. The molecule has 5 heteroatoms. The highest BCUT2D eigenvalue weighted by molar-refractivity contribution is 7.10. The van der Waals surface area contributed by atoms with E-state index in [4.69, 9.17) is 5.73 Å². The van der Waals surface area contributed by atoms with Gasteiger partial charge in [-0.05, 0) is 50.6 Å². The second kappa shape index (κ2) is 7.77. The first-order valence-electron chi connectivity index (χ1n) is 6.40. The fourth-order valence-corrected chi connectivity index (χ4v) is 3.38. The van der Waals surface area contributed by atoms with Gasteiger partial charge < -0.3 is 11.1 Å². The predicted molar refractivity (Wildman–Crippen MR) is 78.8 cm³/mol. The van der Waals surface area contributed by atoms with E-state index in [0.29, 0.717) is 6.54 Å². The molecule has 1 aromatic heterocycles. The average molecular weight is 289 g/mol. The first-order chi connectivity index (χ1) is 8.33. The molecule has 2 rings (SSSR count). The molecule has 0 bridgehead atoms. The first kappa shape index (κ1) is 15.5. The molecule has 3 N–H and O–H groups in total. The second-order valence-corrected chi connectivity index (χ2v) is 5.47. The van der Waals surface area contributed by atoms with E-state index in [2.05, 4.69) is 5.32 Å². The molecule has 102 valence electrons. The minimum Gasteiger partial charge on any atom is -0.352 e. The number of hydrogen-bond donors (Lipinski definition) is 2. The van der Waals surface area contributed by atoms with Gasteiger partial charge in [-0.15, -0.1) is 23.7 Å². The number of nitrogens with one attached hydrogen (secondary N) is 1. The van der Waals surface area contributed by atoms with Gasteiger partial charge in [0.2, 0.25) is 0 Å². The Kier molecular flexibility index (Phi) is 6.68. The maximum Gasteiger partial charge on any atom is 0.252 e. The Bertz CT molecular complexity index is 392. The molecule has 0 saturated heterocycles. The lowest BCUT2D eigenvalue weighted by Gasteiger charge is -2.12. The quantitative estimate of drug-likeness (QED) is 0.818. The van der Waals surface area contributed by atoms with E-state index in [9.17, 15) is 4.79 Å². The van der Waals surface area contributed by atoms with Gasteiger partial charge in [-0.25, -0.2) is 0 Å². The monoisotopic (exact) mass is 288 g/mol. The summed E-state index contributed by atoms with van der Waals surface area (Å²) in [6.07, 6.45) is 6.66. The van der Waals surface area contributed by atoms with Crippen molar-refractivity contribution in [1.29, 1.82) is 0 Å². The van der Waals surface area contributed by atoms with Gasteiger partial charge >= 0.3 is 0 Å². The van der Waals surface area contributed by atoms with E-state index < -0.39 is 0 Å². The maximum atomic E-state index is 12.0. The molecule has 1 aliphatic carbocycles. The van der Waals surface area contributed by atoms with Crippen LogP contribution in [0.15, 0.2) is 5.38 Å². The van der Waals surface area contributed by atoms with Crippen molar-refractivity contribution in [3.63, 3.8) is 0 Å². The first-order valence-corrected chi connectivity index (χ1v) is 7.28. The Morgan fingerprint density at radius 2 is 2.11 bits per heavy atom. The van der Waals surface area contributed by atoms with E-state index in [0.717, 1.165) is 37.8 Å². The number of hydrogen-bond acceptors (Lipinski definition) is 3. The summed E-state index contributed by atoms with van der Waals surface area (Å²) >= 11 is 1.74. The molecule has 1 aliphatic rings. The highest BCUT2D eigenvalue weighted by Gasteiger charge is 2.19. The molecular formula is C13H21ClN2OS. The van der Waals surface area contributed by atoms with Gasteiger partial charge in [-0.1, -0.05) is 0 Å². The molecule has 18 heavy (non-hydrogen) atoms. The van der Waals surface area contributed by atoms with Crippen LogP contribution in [0.4, 0.5) is 0 Å². The Balaban J connectivity index is 0.00000162. The largest absolute Gasteiger partial charge is 0.352 e. The van der Waals surface area contributed by atoms with Gasteiger partial charge in [0.15, 0.2) is 0 Å². The fraction of sp³-hybridized carbons (Fsp3) is 0.615. The van der Waals surface area contributed by atoms with Gasteiger partial charge in [0, 0.05) is 16.8 Å². The van der Waals surface area contributed by atoms with Crippen molar-refractivity contribution in [2.75, 3.05) is 13.1 Å². The van der Waals surface area contributed by atoms with Gasteiger partial charge in [0.25, 0.3) is 5.91 Å². The van der Waals surface area contributed by atoms with Crippen molar-refractivity contribution < 1.29 is 4.79 Å². The number of aryl methyl sites for hydroxylation is 1. The lowest BCUT2D eigenvalue weighted by molar-refractivity contribution is 0.0952. The van der Waals surface area contributed by atoms with Crippen molar-refractivity contribution in [3.8, 4) is 0 Å². The minimum absolute atomic E-state index is 0. The van der Waals surface area contributed by atoms with Crippen LogP contribution in [-0.2, 0) is 12.8 Å². The SMILES string of the molecule is Cl.NCCCCNC(=O)c1csc2c1CCCC2. The number of amides is 1. The smallest absolute Gasteiger partial charge is 0.252 e. The van der Waals surface area contributed by atoms with Crippen molar-refractivity contribution in [1.82, 2.24) is 5.32 Å². The van der Waals surface area contributed by atoms with Crippen LogP contribution in [0.5, 0.6) is 0 Å². The topological polar surface area (TPSA) is 55.1 Å². The second-order valence-electron chi connectivity index (χ2n) is 4.51.